The zero-order valence-electron chi connectivity index (χ0n) is 20.6. The SMILES string of the molecule is O=C1CNC(=O)c2coc(n2)-c2coc(n2)-c2ccc(cc2)-c2cccc(c2)-c2nc(co2)-c2nc(co2)CN1. The molecule has 12 heteroatoms. The number of benzene rings is 2. The van der Waals surface area contributed by atoms with E-state index in [4.69, 9.17) is 17.7 Å². The number of rotatable bonds is 0. The van der Waals surface area contributed by atoms with Crippen LogP contribution in [0, 0.1) is 0 Å². The fourth-order valence-corrected chi connectivity index (χ4v) is 4.15. The molecule has 12 bridgehead atoms. The van der Waals surface area contributed by atoms with Crippen molar-refractivity contribution >= 4 is 11.8 Å². The van der Waals surface area contributed by atoms with E-state index in [1.165, 1.54) is 25.1 Å². The minimum atomic E-state index is -0.579. The van der Waals surface area contributed by atoms with Crippen LogP contribution in [0.3, 0.4) is 0 Å². The summed E-state index contributed by atoms with van der Waals surface area (Å²) < 4.78 is 22.3. The minimum Gasteiger partial charge on any atom is -0.444 e. The molecule has 2 amide bonds. The van der Waals surface area contributed by atoms with Gasteiger partial charge in [-0.3, -0.25) is 9.59 Å². The van der Waals surface area contributed by atoms with Gasteiger partial charge in [0.1, 0.15) is 25.1 Å². The zero-order chi connectivity index (χ0) is 27.1. The van der Waals surface area contributed by atoms with Crippen molar-refractivity contribution in [1.29, 1.82) is 0 Å². The molecule has 2 aliphatic rings. The zero-order valence-corrected chi connectivity index (χ0v) is 20.6. The average molecular weight is 534 g/mol. The highest BCUT2D eigenvalue weighted by Crippen LogP contribution is 2.30. The smallest absolute Gasteiger partial charge is 0.273 e. The van der Waals surface area contributed by atoms with Crippen LogP contribution in [0.25, 0.3) is 57.2 Å². The Labute approximate surface area is 225 Å². The maximum Gasteiger partial charge on any atom is 0.273 e. The van der Waals surface area contributed by atoms with Crippen LogP contribution in [0.2, 0.25) is 0 Å². The van der Waals surface area contributed by atoms with Crippen LogP contribution in [0.5, 0.6) is 0 Å². The summed E-state index contributed by atoms with van der Waals surface area (Å²) in [6.45, 7) is -0.187. The number of hydrogen-bond donors (Lipinski definition) is 2. The van der Waals surface area contributed by atoms with E-state index in [0.29, 0.717) is 28.9 Å². The van der Waals surface area contributed by atoms with E-state index in [2.05, 4.69) is 30.6 Å². The Balaban J connectivity index is 1.24. The molecule has 0 unspecified atom stereocenters. The Bertz CT molecular complexity index is 1860. The molecule has 0 aliphatic carbocycles. The van der Waals surface area contributed by atoms with E-state index >= 15 is 0 Å². The van der Waals surface area contributed by atoms with Crippen molar-refractivity contribution < 1.29 is 27.3 Å². The van der Waals surface area contributed by atoms with Crippen LogP contribution in [-0.2, 0) is 11.3 Å². The Kier molecular flexibility index (Phi) is 5.55. The number of hydrogen-bond acceptors (Lipinski definition) is 10. The quantitative estimate of drug-likeness (QED) is 0.287. The Hall–Kier alpha value is -5.78. The molecule has 2 N–H and O–H groups in total. The minimum absolute atomic E-state index is 0.00224. The summed E-state index contributed by atoms with van der Waals surface area (Å²) in [7, 11) is 0. The molecule has 6 aromatic rings. The normalized spacial score (nSPS) is 13.3. The van der Waals surface area contributed by atoms with Gasteiger partial charge < -0.3 is 28.3 Å². The topological polar surface area (TPSA) is 162 Å². The summed E-state index contributed by atoms with van der Waals surface area (Å²) in [4.78, 5) is 42.3. The van der Waals surface area contributed by atoms with Gasteiger partial charge in [0.25, 0.3) is 5.91 Å². The second-order valence-electron chi connectivity index (χ2n) is 8.88. The predicted molar refractivity (Wildman–Crippen MR) is 138 cm³/mol. The monoisotopic (exact) mass is 534 g/mol. The van der Waals surface area contributed by atoms with E-state index in [1.807, 2.05) is 48.5 Å². The summed E-state index contributed by atoms with van der Waals surface area (Å²) in [5.41, 5.74) is 4.67. The molecule has 6 heterocycles. The van der Waals surface area contributed by atoms with Gasteiger partial charge in [-0.15, -0.1) is 0 Å². The summed E-state index contributed by atoms with van der Waals surface area (Å²) in [5, 5.41) is 5.17. The van der Waals surface area contributed by atoms with E-state index in [-0.39, 0.29) is 30.6 Å². The lowest BCUT2D eigenvalue weighted by Crippen LogP contribution is -2.36. The predicted octanol–water partition coefficient (Wildman–Crippen LogP) is 4.33. The molecular weight excluding hydrogens is 516 g/mol. The van der Waals surface area contributed by atoms with Gasteiger partial charge in [0.2, 0.25) is 29.5 Å². The lowest BCUT2D eigenvalue weighted by Gasteiger charge is -2.04. The Morgan fingerprint density at radius 2 is 1.15 bits per heavy atom. The fraction of sp³-hybridized carbons (Fsp3) is 0.0714. The molecule has 0 saturated heterocycles. The largest absolute Gasteiger partial charge is 0.444 e. The third-order valence-electron chi connectivity index (χ3n) is 6.19. The molecule has 0 saturated carbocycles. The van der Waals surface area contributed by atoms with Gasteiger partial charge in [0.05, 0.1) is 18.8 Å². The molecule has 40 heavy (non-hydrogen) atoms. The third kappa shape index (κ3) is 4.43. The van der Waals surface area contributed by atoms with Gasteiger partial charge in [-0.2, -0.15) is 0 Å². The van der Waals surface area contributed by atoms with E-state index < -0.39 is 11.8 Å². The Morgan fingerprint density at radius 1 is 0.550 bits per heavy atom. The molecule has 8 rings (SSSR count). The lowest BCUT2D eigenvalue weighted by atomic mass is 10.0. The van der Waals surface area contributed by atoms with Crippen LogP contribution in [-0.4, -0.2) is 38.3 Å². The van der Waals surface area contributed by atoms with Crippen LogP contribution in [0.1, 0.15) is 16.2 Å². The maximum absolute atomic E-state index is 12.5. The van der Waals surface area contributed by atoms with Gasteiger partial charge in [-0.05, 0) is 35.4 Å². The first kappa shape index (κ1) is 23.3. The summed E-state index contributed by atoms with van der Waals surface area (Å²) in [6.07, 6.45) is 5.47. The molecule has 0 radical (unpaired) electrons. The van der Waals surface area contributed by atoms with Gasteiger partial charge in [0, 0.05) is 11.1 Å². The van der Waals surface area contributed by atoms with Gasteiger partial charge in [0.15, 0.2) is 17.1 Å². The van der Waals surface area contributed by atoms with Crippen molar-refractivity contribution in [3.8, 4) is 57.2 Å². The first-order valence-corrected chi connectivity index (χ1v) is 12.2. The third-order valence-corrected chi connectivity index (χ3v) is 6.19. The average Bonchev–Trinajstić information content (AvgIpc) is 3.80. The number of nitrogens with one attached hydrogen (secondary N) is 2. The standard InChI is InChI=1S/C28H18N6O6/c35-23-10-30-24(36)20-12-40-28(32-20)22-14-38-25(33-22)16-6-4-15(5-7-16)17-2-1-3-18(8-17)26-34-21(13-39-26)27-31-19(9-29-23)11-37-27/h1-8,11-14H,9-10H2,(H,29,35)(H,30,36). The van der Waals surface area contributed by atoms with Gasteiger partial charge in [-0.1, -0.05) is 24.3 Å². The first-order valence-electron chi connectivity index (χ1n) is 12.2. The molecule has 4 aromatic heterocycles. The van der Waals surface area contributed by atoms with Crippen molar-refractivity contribution in [2.45, 2.75) is 6.54 Å². The van der Waals surface area contributed by atoms with Crippen LogP contribution < -0.4 is 10.6 Å². The number of aromatic nitrogens is 4. The van der Waals surface area contributed by atoms with Crippen molar-refractivity contribution in [2.75, 3.05) is 6.54 Å². The second kappa shape index (κ2) is 9.51. The fourth-order valence-electron chi connectivity index (χ4n) is 4.15. The maximum atomic E-state index is 12.5. The van der Waals surface area contributed by atoms with Crippen molar-refractivity contribution in [3.63, 3.8) is 0 Å². The Morgan fingerprint density at radius 3 is 1.95 bits per heavy atom. The van der Waals surface area contributed by atoms with Crippen molar-refractivity contribution in [2.24, 2.45) is 0 Å². The van der Waals surface area contributed by atoms with E-state index in [1.54, 1.807) is 0 Å². The first-order chi connectivity index (χ1) is 19.6. The molecule has 0 fully saturated rings. The van der Waals surface area contributed by atoms with Crippen LogP contribution >= 0.6 is 0 Å². The van der Waals surface area contributed by atoms with Crippen LogP contribution in [0.4, 0.5) is 0 Å². The number of amides is 2. The highest BCUT2D eigenvalue weighted by atomic mass is 16.4. The lowest BCUT2D eigenvalue weighted by molar-refractivity contribution is -0.120. The highest BCUT2D eigenvalue weighted by molar-refractivity contribution is 5.95. The molecule has 2 aliphatic heterocycles. The van der Waals surface area contributed by atoms with E-state index in [9.17, 15) is 9.59 Å². The van der Waals surface area contributed by atoms with E-state index in [0.717, 1.165) is 22.3 Å². The number of nitrogens with zero attached hydrogens (tertiary/aromatic N) is 4. The molecule has 12 nitrogen and oxygen atoms in total. The van der Waals surface area contributed by atoms with Gasteiger partial charge >= 0.3 is 0 Å². The van der Waals surface area contributed by atoms with Crippen molar-refractivity contribution in [1.82, 2.24) is 30.6 Å². The van der Waals surface area contributed by atoms with Crippen molar-refractivity contribution in [3.05, 3.63) is 85.0 Å². The number of carbonyl (C=O) groups excluding carboxylic acids is 2. The van der Waals surface area contributed by atoms with Gasteiger partial charge in [-0.25, -0.2) is 19.9 Å². The number of carbonyl (C=O) groups is 2. The molecule has 196 valence electrons. The number of fused-ring (bicyclic) bond motifs is 7. The second-order valence-corrected chi connectivity index (χ2v) is 8.88. The molecule has 0 atom stereocenters. The molecular formula is C28H18N6O6. The summed E-state index contributed by atoms with van der Waals surface area (Å²) in [5.74, 6) is 0.126. The number of oxazole rings is 4. The van der Waals surface area contributed by atoms with Crippen LogP contribution in [0.15, 0.2) is 91.3 Å². The highest BCUT2D eigenvalue weighted by Gasteiger charge is 2.19. The summed E-state index contributed by atoms with van der Waals surface area (Å²) in [6, 6.07) is 15.5. The molecule has 2 aromatic carbocycles. The summed E-state index contributed by atoms with van der Waals surface area (Å²) >= 11 is 0. The molecule has 0 spiro atoms.